The van der Waals surface area contributed by atoms with Crippen molar-refractivity contribution >= 4 is 6.21 Å². The molecule has 1 heterocycles. The zero-order chi connectivity index (χ0) is 4.41. The van der Waals surface area contributed by atoms with Gasteiger partial charge in [0.25, 0.3) is 0 Å². The van der Waals surface area contributed by atoms with Gasteiger partial charge in [0.2, 0.25) is 0 Å². The zero-order valence-electron chi connectivity index (χ0n) is 4.33. The Kier molecular flexibility index (Phi) is 3.85. The molecular weight excluding hydrogens is 165 g/mol. The van der Waals surface area contributed by atoms with Crippen molar-refractivity contribution in [2.24, 2.45) is 11.0 Å². The van der Waals surface area contributed by atoms with E-state index in [2.05, 4.69) is 17.5 Å². The van der Waals surface area contributed by atoms with Crippen LogP contribution in [0, 0.1) is 5.92 Å². The molecule has 0 fully saturated rings. The van der Waals surface area contributed by atoms with Crippen LogP contribution in [0.25, 0.3) is 5.43 Å². The van der Waals surface area contributed by atoms with E-state index < -0.39 is 0 Å². The topological polar surface area (TPSA) is 26.5 Å². The van der Waals surface area contributed by atoms with E-state index >= 15 is 0 Å². The summed E-state index contributed by atoms with van der Waals surface area (Å²) in [5.74, 6) is 0.588. The average molecular weight is 172 g/mol. The summed E-state index contributed by atoms with van der Waals surface area (Å²) in [7, 11) is 0. The fourth-order valence-electron chi connectivity index (χ4n) is 0.384. The molecule has 2 nitrogen and oxygen atoms in total. The van der Waals surface area contributed by atoms with Crippen molar-refractivity contribution < 1.29 is 32.7 Å². The minimum absolute atomic E-state index is 0. The molecule has 0 aliphatic carbocycles. The fraction of sp³-hybridized carbons (Fsp3) is 0.750. The number of nitrogens with zero attached hydrogens (tertiary/aromatic N) is 2. The molecule has 1 aliphatic rings. The second kappa shape index (κ2) is 3.56. The monoisotopic (exact) mass is 172 g/mol. The molecule has 1 aliphatic heterocycles. The van der Waals surface area contributed by atoms with Gasteiger partial charge in [-0.3, -0.25) is 0 Å². The summed E-state index contributed by atoms with van der Waals surface area (Å²) in [5, 5.41) is 3.66. The summed E-state index contributed by atoms with van der Waals surface area (Å²) in [4.78, 5) is 0. The molecule has 1 radical (unpaired) electrons. The molecule has 7 heavy (non-hydrogen) atoms. The van der Waals surface area contributed by atoms with Gasteiger partial charge >= 0.3 is 0 Å². The van der Waals surface area contributed by atoms with Gasteiger partial charge in [-0.1, -0.05) is 6.92 Å². The van der Waals surface area contributed by atoms with Gasteiger partial charge in [-0.15, -0.1) is 6.54 Å². The molecule has 37 valence electrons. The van der Waals surface area contributed by atoms with Crippen molar-refractivity contribution in [2.75, 3.05) is 6.54 Å². The van der Waals surface area contributed by atoms with E-state index in [1.165, 1.54) is 0 Å². The molecule has 0 spiro atoms. The van der Waals surface area contributed by atoms with E-state index in [-0.39, 0.29) is 32.7 Å². The number of rotatable bonds is 0. The molecule has 0 saturated carbocycles. The van der Waals surface area contributed by atoms with Crippen LogP contribution in [0.4, 0.5) is 0 Å². The molecule has 0 amide bonds. The number of hydrogen-bond acceptors (Lipinski definition) is 1. The standard InChI is InChI=1S/C4H7N2.Y/c1-4-2-5-6-3-4;/h2,4H,3H2,1H3;/q-1;. The molecule has 0 bridgehead atoms. The first-order chi connectivity index (χ1) is 2.89. The Morgan fingerprint density at radius 3 is 2.71 bits per heavy atom. The van der Waals surface area contributed by atoms with Crippen molar-refractivity contribution in [1.82, 2.24) is 0 Å². The SMILES string of the molecule is CC1C=N[N-]C1.[Y]. The second-order valence-corrected chi connectivity index (χ2v) is 1.57. The van der Waals surface area contributed by atoms with Crippen LogP contribution in [0.3, 0.4) is 0 Å². The van der Waals surface area contributed by atoms with Gasteiger partial charge in [0.15, 0.2) is 0 Å². The van der Waals surface area contributed by atoms with Gasteiger partial charge in [0.1, 0.15) is 0 Å². The summed E-state index contributed by atoms with van der Waals surface area (Å²) in [6.07, 6.45) is 1.86. The normalized spacial score (nSPS) is 26.1. The summed E-state index contributed by atoms with van der Waals surface area (Å²) in [6, 6.07) is 0. The first-order valence-electron chi connectivity index (χ1n) is 2.09. The predicted octanol–water partition coefficient (Wildman–Crippen LogP) is 0.993. The molecule has 1 atom stereocenters. The second-order valence-electron chi connectivity index (χ2n) is 1.57. The third-order valence-corrected chi connectivity index (χ3v) is 0.772. The van der Waals surface area contributed by atoms with Crippen molar-refractivity contribution in [3.05, 3.63) is 5.43 Å². The van der Waals surface area contributed by atoms with Gasteiger partial charge in [-0.2, -0.15) is 0 Å². The Labute approximate surface area is 68.6 Å². The molecule has 0 aromatic carbocycles. The molecule has 0 N–H and O–H groups in total. The van der Waals surface area contributed by atoms with Crippen molar-refractivity contribution in [2.45, 2.75) is 6.92 Å². The molecular formula is C4H7N2Y-. The van der Waals surface area contributed by atoms with E-state index in [4.69, 9.17) is 0 Å². The molecule has 0 saturated heterocycles. The maximum atomic E-state index is 3.73. The predicted molar refractivity (Wildman–Crippen MR) is 25.9 cm³/mol. The van der Waals surface area contributed by atoms with Crippen molar-refractivity contribution in [1.29, 1.82) is 0 Å². The molecule has 1 unspecified atom stereocenters. The van der Waals surface area contributed by atoms with Crippen molar-refractivity contribution in [3.63, 3.8) is 0 Å². The van der Waals surface area contributed by atoms with Crippen molar-refractivity contribution in [3.8, 4) is 0 Å². The first-order valence-corrected chi connectivity index (χ1v) is 2.09. The van der Waals surface area contributed by atoms with E-state index in [0.717, 1.165) is 6.54 Å². The Balaban J connectivity index is 0.000000360. The molecule has 1 rings (SSSR count). The maximum absolute atomic E-state index is 3.73. The Morgan fingerprint density at radius 1 is 1.86 bits per heavy atom. The summed E-state index contributed by atoms with van der Waals surface area (Å²) < 4.78 is 0. The van der Waals surface area contributed by atoms with Crippen LogP contribution < -0.4 is 0 Å². The van der Waals surface area contributed by atoms with Crippen LogP contribution in [0.2, 0.25) is 0 Å². The molecule has 0 aromatic heterocycles. The quantitative estimate of drug-likeness (QED) is 0.521. The van der Waals surface area contributed by atoms with Crippen LogP contribution in [0.1, 0.15) is 6.92 Å². The van der Waals surface area contributed by atoms with E-state index in [1.54, 1.807) is 0 Å². The van der Waals surface area contributed by atoms with Gasteiger partial charge in [0, 0.05) is 32.7 Å². The van der Waals surface area contributed by atoms with Crippen LogP contribution in [-0.4, -0.2) is 12.8 Å². The largest absolute Gasteiger partial charge is 0.602 e. The average Bonchev–Trinajstić information content (AvgIpc) is 1.86. The smallest absolute Gasteiger partial charge is 0 e. The number of hydrogen-bond donors (Lipinski definition) is 0. The van der Waals surface area contributed by atoms with Crippen LogP contribution in [0.5, 0.6) is 0 Å². The molecule has 0 aromatic rings. The van der Waals surface area contributed by atoms with E-state index in [0.29, 0.717) is 5.92 Å². The summed E-state index contributed by atoms with van der Waals surface area (Å²) in [6.45, 7) is 2.99. The third kappa shape index (κ3) is 2.40. The zero-order valence-corrected chi connectivity index (χ0v) is 7.17. The fourth-order valence-corrected chi connectivity index (χ4v) is 0.384. The minimum Gasteiger partial charge on any atom is -0.602 e. The van der Waals surface area contributed by atoms with Gasteiger partial charge < -0.3 is 10.5 Å². The Bertz CT molecular complexity index is 72.1. The van der Waals surface area contributed by atoms with Crippen LogP contribution >= 0.6 is 0 Å². The Morgan fingerprint density at radius 2 is 2.57 bits per heavy atom. The first kappa shape index (κ1) is 7.57. The van der Waals surface area contributed by atoms with Crippen LogP contribution in [-0.2, 0) is 32.7 Å². The van der Waals surface area contributed by atoms with Gasteiger partial charge in [0.05, 0.1) is 0 Å². The van der Waals surface area contributed by atoms with Gasteiger partial charge in [-0.25, -0.2) is 0 Å². The summed E-state index contributed by atoms with van der Waals surface area (Å²) >= 11 is 0. The van der Waals surface area contributed by atoms with E-state index in [9.17, 15) is 0 Å². The van der Waals surface area contributed by atoms with Gasteiger partial charge in [-0.05, 0) is 12.1 Å². The molecule has 3 heteroatoms. The minimum atomic E-state index is 0. The van der Waals surface area contributed by atoms with Crippen LogP contribution in [0.15, 0.2) is 5.10 Å². The van der Waals surface area contributed by atoms with E-state index in [1.807, 2.05) is 6.21 Å². The summed E-state index contributed by atoms with van der Waals surface area (Å²) in [5.41, 5.74) is 3.73. The Hall–Kier alpha value is 0.574. The maximum Gasteiger partial charge on any atom is 0 e. The third-order valence-electron chi connectivity index (χ3n) is 0.772.